The number of hydrogen-bond donors (Lipinski definition) is 1. The molecule has 7 heteroatoms. The Balaban J connectivity index is 1.26. The Hall–Kier alpha value is -2.51. The van der Waals surface area contributed by atoms with E-state index >= 15 is 0 Å². The Kier molecular flexibility index (Phi) is 4.81. The number of hydrogen-bond acceptors (Lipinski definition) is 6. The van der Waals surface area contributed by atoms with Crippen molar-refractivity contribution in [2.75, 3.05) is 25.0 Å². The van der Waals surface area contributed by atoms with Gasteiger partial charge in [0.25, 0.3) is 0 Å². The lowest BCUT2D eigenvalue weighted by Gasteiger charge is -2.36. The lowest BCUT2D eigenvalue weighted by molar-refractivity contribution is -0.118. The molecule has 0 aliphatic carbocycles. The molecule has 0 atom stereocenters. The van der Waals surface area contributed by atoms with Crippen molar-refractivity contribution < 1.29 is 9.32 Å². The summed E-state index contributed by atoms with van der Waals surface area (Å²) >= 11 is 1.59. The number of aromatic nitrogens is 2. The minimum absolute atomic E-state index is 0.00231. The maximum absolute atomic E-state index is 12.2. The van der Waals surface area contributed by atoms with Crippen LogP contribution in [0.3, 0.4) is 0 Å². The van der Waals surface area contributed by atoms with Gasteiger partial charge in [0.05, 0.1) is 17.3 Å². The number of aryl methyl sites for hydroxylation is 1. The minimum atomic E-state index is -0.00231. The van der Waals surface area contributed by atoms with Gasteiger partial charge in [0, 0.05) is 18.8 Å². The largest absolute Gasteiger partial charge is 0.339 e. The second-order valence-electron chi connectivity index (χ2n) is 6.42. The molecule has 4 rings (SSSR count). The fourth-order valence-corrected chi connectivity index (χ4v) is 3.64. The van der Waals surface area contributed by atoms with Crippen molar-refractivity contribution in [2.45, 2.75) is 19.3 Å². The van der Waals surface area contributed by atoms with Gasteiger partial charge < -0.3 is 9.84 Å². The zero-order valence-electron chi connectivity index (χ0n) is 14.5. The second-order valence-corrected chi connectivity index (χ2v) is 7.37. The highest BCUT2D eigenvalue weighted by atomic mass is 32.1. The molecule has 1 fully saturated rings. The first-order valence-electron chi connectivity index (χ1n) is 8.70. The molecule has 3 aromatic rings. The van der Waals surface area contributed by atoms with Crippen LogP contribution in [-0.4, -0.2) is 40.6 Å². The highest BCUT2D eigenvalue weighted by Crippen LogP contribution is 2.28. The average molecular weight is 368 g/mol. The molecule has 6 nitrogen and oxygen atoms in total. The summed E-state index contributed by atoms with van der Waals surface area (Å²) in [6, 6.07) is 11.9. The number of carbonyl (C=O) groups excluding carboxylic acids is 1. The van der Waals surface area contributed by atoms with E-state index < -0.39 is 0 Å². The van der Waals surface area contributed by atoms with Gasteiger partial charge in [0.15, 0.2) is 0 Å². The number of rotatable bonds is 6. The predicted molar refractivity (Wildman–Crippen MR) is 101 cm³/mol. The molecular formula is C19H20N4O2S. The molecule has 1 saturated heterocycles. The monoisotopic (exact) mass is 368 g/mol. The maximum atomic E-state index is 12.2. The fraction of sp³-hybridized carbons (Fsp3) is 0.316. The van der Waals surface area contributed by atoms with Gasteiger partial charge in [-0.3, -0.25) is 9.69 Å². The molecule has 0 bridgehead atoms. The number of thiophene rings is 1. The first-order valence-corrected chi connectivity index (χ1v) is 9.58. The lowest BCUT2D eigenvalue weighted by atomic mass is 10.0. The Labute approximate surface area is 155 Å². The molecule has 0 radical (unpaired) electrons. The molecule has 3 heterocycles. The van der Waals surface area contributed by atoms with Crippen molar-refractivity contribution in [2.24, 2.45) is 0 Å². The number of anilines is 1. The SMILES string of the molecule is CCc1ccc(NC(=O)CN2CC(c3nc(-c4cccs4)no3)C2)cc1. The van der Waals surface area contributed by atoms with Crippen molar-refractivity contribution in [3.8, 4) is 10.7 Å². The van der Waals surface area contributed by atoms with E-state index in [9.17, 15) is 4.79 Å². The number of likely N-dealkylation sites (tertiary alicyclic amines) is 1. The van der Waals surface area contributed by atoms with E-state index in [1.54, 1.807) is 11.3 Å². The fourth-order valence-electron chi connectivity index (χ4n) is 2.99. The Morgan fingerprint density at radius 2 is 2.12 bits per heavy atom. The van der Waals surface area contributed by atoms with Gasteiger partial charge in [-0.05, 0) is 35.6 Å². The molecule has 1 aliphatic heterocycles. The van der Waals surface area contributed by atoms with Crippen LogP contribution in [0.4, 0.5) is 5.69 Å². The molecule has 134 valence electrons. The molecule has 0 unspecified atom stereocenters. The number of nitrogens with zero attached hydrogens (tertiary/aromatic N) is 3. The number of nitrogens with one attached hydrogen (secondary N) is 1. The van der Waals surface area contributed by atoms with Crippen molar-refractivity contribution in [1.82, 2.24) is 15.0 Å². The molecule has 0 saturated carbocycles. The van der Waals surface area contributed by atoms with Crippen molar-refractivity contribution in [1.29, 1.82) is 0 Å². The summed E-state index contributed by atoms with van der Waals surface area (Å²) < 4.78 is 5.38. The molecule has 1 aliphatic rings. The van der Waals surface area contributed by atoms with E-state index in [0.29, 0.717) is 18.3 Å². The topological polar surface area (TPSA) is 71.3 Å². The van der Waals surface area contributed by atoms with Crippen molar-refractivity contribution >= 4 is 22.9 Å². The first-order chi connectivity index (χ1) is 12.7. The van der Waals surface area contributed by atoms with Gasteiger partial charge in [0.2, 0.25) is 17.6 Å². The summed E-state index contributed by atoms with van der Waals surface area (Å²) in [5.41, 5.74) is 2.09. The highest BCUT2D eigenvalue weighted by molar-refractivity contribution is 7.13. The summed E-state index contributed by atoms with van der Waals surface area (Å²) in [6.07, 6.45) is 0.993. The molecule has 1 aromatic carbocycles. The van der Waals surface area contributed by atoms with E-state index in [0.717, 1.165) is 30.1 Å². The Bertz CT molecular complexity index is 867. The zero-order chi connectivity index (χ0) is 17.9. The summed E-state index contributed by atoms with van der Waals surface area (Å²) in [5, 5.41) is 8.97. The van der Waals surface area contributed by atoms with Crippen molar-refractivity contribution in [3.05, 3.63) is 53.2 Å². The van der Waals surface area contributed by atoms with E-state index in [1.165, 1.54) is 5.56 Å². The van der Waals surface area contributed by atoms with Gasteiger partial charge in [-0.25, -0.2) is 0 Å². The lowest BCUT2D eigenvalue weighted by Crippen LogP contribution is -2.48. The summed E-state index contributed by atoms with van der Waals surface area (Å²) in [7, 11) is 0. The molecule has 1 N–H and O–H groups in total. The van der Waals surface area contributed by atoms with E-state index in [4.69, 9.17) is 4.52 Å². The second kappa shape index (κ2) is 7.39. The van der Waals surface area contributed by atoms with Gasteiger partial charge in [-0.1, -0.05) is 30.3 Å². The summed E-state index contributed by atoms with van der Waals surface area (Å²) in [4.78, 5) is 19.7. The van der Waals surface area contributed by atoms with Crippen LogP contribution in [0.2, 0.25) is 0 Å². The van der Waals surface area contributed by atoms with Gasteiger partial charge in [-0.2, -0.15) is 4.98 Å². The van der Waals surface area contributed by atoms with Crippen LogP contribution in [0, 0.1) is 0 Å². The van der Waals surface area contributed by atoms with Crippen LogP contribution in [0.1, 0.15) is 24.3 Å². The first kappa shape index (κ1) is 16.9. The number of amides is 1. The van der Waals surface area contributed by atoms with Crippen LogP contribution in [0.5, 0.6) is 0 Å². The normalized spacial score (nSPS) is 15.0. The van der Waals surface area contributed by atoms with Gasteiger partial charge >= 0.3 is 0 Å². The van der Waals surface area contributed by atoms with Crippen LogP contribution in [-0.2, 0) is 11.2 Å². The minimum Gasteiger partial charge on any atom is -0.339 e. The van der Waals surface area contributed by atoms with Crippen LogP contribution in [0.25, 0.3) is 10.7 Å². The summed E-state index contributed by atoms with van der Waals surface area (Å²) in [5.74, 6) is 1.49. The van der Waals surface area contributed by atoms with Crippen LogP contribution >= 0.6 is 11.3 Å². The number of benzene rings is 1. The zero-order valence-corrected chi connectivity index (χ0v) is 15.3. The van der Waals surface area contributed by atoms with E-state index in [2.05, 4.69) is 27.3 Å². The average Bonchev–Trinajstić information content (AvgIpc) is 3.29. The van der Waals surface area contributed by atoms with Crippen molar-refractivity contribution in [3.63, 3.8) is 0 Å². The third-order valence-corrected chi connectivity index (χ3v) is 5.37. The van der Waals surface area contributed by atoms with Gasteiger partial charge in [-0.15, -0.1) is 11.3 Å². The maximum Gasteiger partial charge on any atom is 0.238 e. The molecule has 1 amide bonds. The highest BCUT2D eigenvalue weighted by Gasteiger charge is 2.33. The van der Waals surface area contributed by atoms with E-state index in [-0.39, 0.29) is 11.8 Å². The predicted octanol–water partition coefficient (Wildman–Crippen LogP) is 3.40. The third kappa shape index (κ3) is 3.68. The standard InChI is InChI=1S/C19H20N4O2S/c1-2-13-5-7-15(8-6-13)20-17(24)12-23-10-14(11-23)19-21-18(22-25-19)16-4-3-9-26-16/h3-9,14H,2,10-12H2,1H3,(H,20,24). The quantitative estimate of drug-likeness (QED) is 0.722. The summed E-state index contributed by atoms with van der Waals surface area (Å²) in [6.45, 7) is 4.00. The van der Waals surface area contributed by atoms with E-state index in [1.807, 2.05) is 41.8 Å². The number of carbonyl (C=O) groups is 1. The Morgan fingerprint density at radius 3 is 2.81 bits per heavy atom. The van der Waals surface area contributed by atoms with Crippen LogP contribution < -0.4 is 5.32 Å². The van der Waals surface area contributed by atoms with Gasteiger partial charge in [0.1, 0.15) is 0 Å². The molecular weight excluding hydrogens is 348 g/mol. The molecule has 26 heavy (non-hydrogen) atoms. The molecule has 2 aromatic heterocycles. The Morgan fingerprint density at radius 1 is 1.31 bits per heavy atom. The molecule has 0 spiro atoms. The third-order valence-electron chi connectivity index (χ3n) is 4.50. The van der Waals surface area contributed by atoms with Crippen LogP contribution in [0.15, 0.2) is 46.3 Å². The smallest absolute Gasteiger partial charge is 0.238 e.